The van der Waals surface area contributed by atoms with Crippen LogP contribution in [0.5, 0.6) is 0 Å². The molecule has 1 N–H and O–H groups in total. The van der Waals surface area contributed by atoms with Crippen LogP contribution in [0.4, 0.5) is 0 Å². The average Bonchev–Trinajstić information content (AvgIpc) is 2.26. The van der Waals surface area contributed by atoms with E-state index in [-0.39, 0.29) is 5.60 Å². The Bertz CT molecular complexity index is 210. The SMILES string of the molecule is CC1(C)CNC2CCC(C)(C)C2O1. The van der Waals surface area contributed by atoms with Gasteiger partial charge in [-0.3, -0.25) is 0 Å². The summed E-state index contributed by atoms with van der Waals surface area (Å²) in [6.07, 6.45) is 2.97. The number of hydrogen-bond acceptors (Lipinski definition) is 2. The van der Waals surface area contributed by atoms with Gasteiger partial charge in [-0.2, -0.15) is 0 Å². The lowest BCUT2D eigenvalue weighted by Crippen LogP contribution is -2.57. The van der Waals surface area contributed by atoms with Gasteiger partial charge in [-0.1, -0.05) is 13.8 Å². The van der Waals surface area contributed by atoms with E-state index in [2.05, 4.69) is 33.0 Å². The van der Waals surface area contributed by atoms with Crippen molar-refractivity contribution in [1.29, 1.82) is 0 Å². The Hall–Kier alpha value is -0.0800. The fourth-order valence-corrected chi connectivity index (χ4v) is 2.58. The minimum Gasteiger partial charge on any atom is -0.369 e. The molecule has 2 fully saturated rings. The van der Waals surface area contributed by atoms with Crippen LogP contribution >= 0.6 is 0 Å². The Kier molecular flexibility index (Phi) is 1.97. The molecule has 2 aliphatic rings. The highest BCUT2D eigenvalue weighted by molar-refractivity contribution is 5.01. The molecule has 2 unspecified atom stereocenters. The van der Waals surface area contributed by atoms with Gasteiger partial charge in [0, 0.05) is 12.6 Å². The summed E-state index contributed by atoms with van der Waals surface area (Å²) >= 11 is 0. The van der Waals surface area contributed by atoms with Gasteiger partial charge in [0.15, 0.2) is 0 Å². The second-order valence-electron chi connectivity index (χ2n) is 5.81. The first-order valence-corrected chi connectivity index (χ1v) is 5.32. The fraction of sp³-hybridized carbons (Fsp3) is 1.00. The van der Waals surface area contributed by atoms with Crippen molar-refractivity contribution in [2.45, 2.75) is 58.3 Å². The van der Waals surface area contributed by atoms with Crippen molar-refractivity contribution in [2.75, 3.05) is 6.54 Å². The third-order valence-electron chi connectivity index (χ3n) is 3.47. The first-order chi connectivity index (χ1) is 5.91. The van der Waals surface area contributed by atoms with Crippen LogP contribution in [0.25, 0.3) is 0 Å². The van der Waals surface area contributed by atoms with Gasteiger partial charge in [0.2, 0.25) is 0 Å². The maximum atomic E-state index is 6.15. The summed E-state index contributed by atoms with van der Waals surface area (Å²) in [7, 11) is 0. The molecule has 2 nitrogen and oxygen atoms in total. The van der Waals surface area contributed by atoms with Gasteiger partial charge in [-0.25, -0.2) is 0 Å². The zero-order valence-corrected chi connectivity index (χ0v) is 9.18. The molecule has 1 saturated carbocycles. The van der Waals surface area contributed by atoms with Crippen LogP contribution in [0.1, 0.15) is 40.5 Å². The fourth-order valence-electron chi connectivity index (χ4n) is 2.58. The molecule has 2 rings (SSSR count). The molecule has 1 saturated heterocycles. The molecule has 2 heteroatoms. The molecular weight excluding hydrogens is 162 g/mol. The molecule has 1 aliphatic heterocycles. The summed E-state index contributed by atoms with van der Waals surface area (Å²) in [4.78, 5) is 0. The Morgan fingerprint density at radius 3 is 2.62 bits per heavy atom. The third kappa shape index (κ3) is 1.62. The number of fused-ring (bicyclic) bond motifs is 1. The minimum absolute atomic E-state index is 0.0166. The monoisotopic (exact) mass is 183 g/mol. The maximum absolute atomic E-state index is 6.15. The van der Waals surface area contributed by atoms with Gasteiger partial charge in [0.25, 0.3) is 0 Å². The summed E-state index contributed by atoms with van der Waals surface area (Å²) in [6, 6.07) is 0.600. The molecule has 0 spiro atoms. The molecule has 13 heavy (non-hydrogen) atoms. The van der Waals surface area contributed by atoms with Gasteiger partial charge in [0.05, 0.1) is 11.7 Å². The van der Waals surface area contributed by atoms with Crippen molar-refractivity contribution in [3.63, 3.8) is 0 Å². The van der Waals surface area contributed by atoms with E-state index in [9.17, 15) is 0 Å². The molecule has 0 radical (unpaired) electrons. The quantitative estimate of drug-likeness (QED) is 0.619. The zero-order valence-electron chi connectivity index (χ0n) is 9.18. The Morgan fingerprint density at radius 1 is 1.23 bits per heavy atom. The first-order valence-electron chi connectivity index (χ1n) is 5.32. The van der Waals surface area contributed by atoms with Crippen molar-refractivity contribution >= 4 is 0 Å². The second kappa shape index (κ2) is 2.71. The molecular formula is C11H21NO. The summed E-state index contributed by atoms with van der Waals surface area (Å²) in [5.41, 5.74) is 0.373. The summed E-state index contributed by atoms with van der Waals surface area (Å²) in [5, 5.41) is 3.60. The van der Waals surface area contributed by atoms with Crippen LogP contribution in [-0.4, -0.2) is 24.3 Å². The maximum Gasteiger partial charge on any atom is 0.0786 e. The lowest BCUT2D eigenvalue weighted by Gasteiger charge is -2.43. The predicted octanol–water partition coefficient (Wildman–Crippen LogP) is 1.94. The van der Waals surface area contributed by atoms with Gasteiger partial charge in [-0.05, 0) is 32.1 Å². The standard InChI is InChI=1S/C11H21NO/c1-10(2)6-5-8-9(10)13-11(3,4)7-12-8/h8-9,12H,5-7H2,1-4H3. The van der Waals surface area contributed by atoms with Crippen molar-refractivity contribution in [3.05, 3.63) is 0 Å². The molecule has 0 bridgehead atoms. The van der Waals surface area contributed by atoms with E-state index in [1.807, 2.05) is 0 Å². The molecule has 0 aromatic rings. The third-order valence-corrected chi connectivity index (χ3v) is 3.47. The minimum atomic E-state index is 0.0166. The van der Waals surface area contributed by atoms with Crippen molar-refractivity contribution in [1.82, 2.24) is 5.32 Å². The van der Waals surface area contributed by atoms with E-state index in [0.29, 0.717) is 17.6 Å². The number of ether oxygens (including phenoxy) is 1. The molecule has 1 heterocycles. The number of rotatable bonds is 0. The van der Waals surface area contributed by atoms with Crippen LogP contribution in [0, 0.1) is 5.41 Å². The van der Waals surface area contributed by atoms with Crippen molar-refractivity contribution in [2.24, 2.45) is 5.41 Å². The van der Waals surface area contributed by atoms with Crippen molar-refractivity contribution in [3.8, 4) is 0 Å². The topological polar surface area (TPSA) is 21.3 Å². The summed E-state index contributed by atoms with van der Waals surface area (Å²) in [6.45, 7) is 9.97. The van der Waals surface area contributed by atoms with Crippen LogP contribution < -0.4 is 5.32 Å². The summed E-state index contributed by atoms with van der Waals surface area (Å²) < 4.78 is 6.15. The molecule has 1 aliphatic carbocycles. The Labute approximate surface area is 81.0 Å². The largest absolute Gasteiger partial charge is 0.369 e. The number of morpholine rings is 1. The highest BCUT2D eigenvalue weighted by Crippen LogP contribution is 2.43. The molecule has 76 valence electrons. The van der Waals surface area contributed by atoms with Crippen LogP contribution in [0.2, 0.25) is 0 Å². The lowest BCUT2D eigenvalue weighted by atomic mass is 9.87. The summed E-state index contributed by atoms with van der Waals surface area (Å²) in [5.74, 6) is 0. The van der Waals surface area contributed by atoms with E-state index in [1.54, 1.807) is 0 Å². The second-order valence-corrected chi connectivity index (χ2v) is 5.81. The van der Waals surface area contributed by atoms with Gasteiger partial charge >= 0.3 is 0 Å². The van der Waals surface area contributed by atoms with Crippen molar-refractivity contribution < 1.29 is 4.74 Å². The smallest absolute Gasteiger partial charge is 0.0786 e. The molecule has 2 atom stereocenters. The van der Waals surface area contributed by atoms with Crippen LogP contribution in [0.15, 0.2) is 0 Å². The Balaban J connectivity index is 2.14. The van der Waals surface area contributed by atoms with Crippen LogP contribution in [-0.2, 0) is 4.74 Å². The highest BCUT2D eigenvalue weighted by atomic mass is 16.5. The van der Waals surface area contributed by atoms with E-state index in [1.165, 1.54) is 12.8 Å². The van der Waals surface area contributed by atoms with Crippen LogP contribution in [0.3, 0.4) is 0 Å². The lowest BCUT2D eigenvalue weighted by molar-refractivity contribution is -0.139. The molecule has 0 amide bonds. The normalized spacial score (nSPS) is 41.5. The highest BCUT2D eigenvalue weighted by Gasteiger charge is 2.47. The number of nitrogens with one attached hydrogen (secondary N) is 1. The van der Waals surface area contributed by atoms with Gasteiger partial charge < -0.3 is 10.1 Å². The average molecular weight is 183 g/mol. The van der Waals surface area contributed by atoms with E-state index < -0.39 is 0 Å². The van der Waals surface area contributed by atoms with Gasteiger partial charge in [0.1, 0.15) is 0 Å². The first kappa shape index (κ1) is 9.47. The molecule has 0 aromatic carbocycles. The van der Waals surface area contributed by atoms with E-state index in [0.717, 1.165) is 6.54 Å². The molecule has 0 aromatic heterocycles. The predicted molar refractivity (Wildman–Crippen MR) is 53.8 cm³/mol. The number of hydrogen-bond donors (Lipinski definition) is 1. The zero-order chi connectivity index (χ0) is 9.69. The van der Waals surface area contributed by atoms with E-state index in [4.69, 9.17) is 4.74 Å². The Morgan fingerprint density at radius 2 is 1.92 bits per heavy atom. The van der Waals surface area contributed by atoms with Gasteiger partial charge in [-0.15, -0.1) is 0 Å². The van der Waals surface area contributed by atoms with E-state index >= 15 is 0 Å².